The summed E-state index contributed by atoms with van der Waals surface area (Å²) in [5.41, 5.74) is 1.12. The molecule has 0 amide bonds. The summed E-state index contributed by atoms with van der Waals surface area (Å²) in [4.78, 5) is 0. The molecule has 1 aromatic rings. The summed E-state index contributed by atoms with van der Waals surface area (Å²) in [5, 5.41) is 11.2. The van der Waals surface area contributed by atoms with E-state index in [1.807, 2.05) is 25.1 Å². The van der Waals surface area contributed by atoms with Crippen LogP contribution in [0.15, 0.2) is 18.2 Å². The topological polar surface area (TPSA) is 33.0 Å². The predicted molar refractivity (Wildman–Crippen MR) is 69.0 cm³/mol. The summed E-state index contributed by atoms with van der Waals surface area (Å²) in [6.07, 6.45) is 1.85. The van der Waals surface area contributed by atoms with E-state index < -0.39 is 0 Å². The number of rotatable bonds is 6. The van der Waals surface area contributed by atoms with E-state index in [9.17, 15) is 0 Å². The van der Waals surface area contributed by atoms with E-state index in [0.717, 1.165) is 34.9 Å². The molecule has 1 aromatic carbocycles. The maximum atomic E-state index is 8.41. The Bertz CT molecular complexity index is 376. The molecule has 0 saturated heterocycles. The molecule has 0 aliphatic heterocycles. The average Bonchev–Trinajstić information content (AvgIpc) is 2.28. The first-order valence-corrected chi connectivity index (χ1v) is 6.56. The van der Waals surface area contributed by atoms with Crippen LogP contribution >= 0.6 is 23.4 Å². The maximum Gasteiger partial charge on any atom is 0.133 e. The van der Waals surface area contributed by atoms with Crippen molar-refractivity contribution in [3.63, 3.8) is 0 Å². The molecular weight excluding hydrogens is 242 g/mol. The van der Waals surface area contributed by atoms with Gasteiger partial charge in [0.2, 0.25) is 0 Å². The molecule has 0 radical (unpaired) electrons. The van der Waals surface area contributed by atoms with Crippen LogP contribution in [0, 0.1) is 10.7 Å². The highest BCUT2D eigenvalue weighted by atomic mass is 35.5. The van der Waals surface area contributed by atoms with Gasteiger partial charge in [-0.25, -0.2) is 0 Å². The number of thiocyanates is 1. The fraction of sp³-hybridized carbons (Fsp3) is 0.417. The summed E-state index contributed by atoms with van der Waals surface area (Å²) >= 11 is 7.23. The zero-order valence-electron chi connectivity index (χ0n) is 9.20. The SMILES string of the molecule is CCOc1ccc(Cl)cc1CCCSC#N. The van der Waals surface area contributed by atoms with Gasteiger partial charge in [-0.15, -0.1) is 0 Å². The van der Waals surface area contributed by atoms with Crippen molar-refractivity contribution in [3.05, 3.63) is 28.8 Å². The number of benzene rings is 1. The third-order valence-electron chi connectivity index (χ3n) is 2.08. The van der Waals surface area contributed by atoms with Crippen molar-refractivity contribution >= 4 is 23.4 Å². The Balaban J connectivity index is 2.61. The van der Waals surface area contributed by atoms with E-state index in [-0.39, 0.29) is 0 Å². The number of halogens is 1. The molecular formula is C12H14ClNOS. The summed E-state index contributed by atoms with van der Waals surface area (Å²) < 4.78 is 5.52. The number of nitrogens with zero attached hydrogens (tertiary/aromatic N) is 1. The standard InChI is InChI=1S/C12H14ClNOS/c1-2-15-12-6-5-11(13)8-10(12)4-3-7-16-9-14/h5-6,8H,2-4,7H2,1H3. The molecule has 0 fully saturated rings. The van der Waals surface area contributed by atoms with Crippen LogP contribution in [0.5, 0.6) is 5.75 Å². The first-order chi connectivity index (χ1) is 7.77. The molecule has 16 heavy (non-hydrogen) atoms. The van der Waals surface area contributed by atoms with E-state index in [4.69, 9.17) is 21.6 Å². The van der Waals surface area contributed by atoms with Gasteiger partial charge in [0.15, 0.2) is 0 Å². The Hall–Kier alpha value is -0.850. The lowest BCUT2D eigenvalue weighted by atomic mass is 10.1. The van der Waals surface area contributed by atoms with Gasteiger partial charge in [0.1, 0.15) is 11.2 Å². The minimum Gasteiger partial charge on any atom is -0.494 e. The number of hydrogen-bond donors (Lipinski definition) is 0. The van der Waals surface area contributed by atoms with Gasteiger partial charge in [0, 0.05) is 10.8 Å². The molecule has 2 nitrogen and oxygen atoms in total. The first kappa shape index (κ1) is 13.2. The molecule has 0 spiro atoms. The molecule has 0 aliphatic rings. The number of thioether (sulfide) groups is 1. The van der Waals surface area contributed by atoms with Crippen LogP contribution in [0.25, 0.3) is 0 Å². The number of nitriles is 1. The van der Waals surface area contributed by atoms with Crippen LogP contribution < -0.4 is 4.74 Å². The van der Waals surface area contributed by atoms with Gasteiger partial charge in [0.05, 0.1) is 6.61 Å². The summed E-state index contributed by atoms with van der Waals surface area (Å²) in [7, 11) is 0. The van der Waals surface area contributed by atoms with E-state index in [0.29, 0.717) is 6.61 Å². The largest absolute Gasteiger partial charge is 0.494 e. The zero-order valence-corrected chi connectivity index (χ0v) is 10.8. The average molecular weight is 256 g/mol. The van der Waals surface area contributed by atoms with Crippen molar-refractivity contribution in [3.8, 4) is 11.2 Å². The van der Waals surface area contributed by atoms with Gasteiger partial charge in [-0.2, -0.15) is 5.26 Å². The lowest BCUT2D eigenvalue weighted by Crippen LogP contribution is -1.97. The second-order valence-electron chi connectivity index (χ2n) is 3.23. The van der Waals surface area contributed by atoms with Crippen molar-refractivity contribution in [2.24, 2.45) is 0 Å². The van der Waals surface area contributed by atoms with Crippen LogP contribution in [0.2, 0.25) is 5.02 Å². The smallest absolute Gasteiger partial charge is 0.133 e. The van der Waals surface area contributed by atoms with Gasteiger partial charge in [-0.05, 0) is 55.3 Å². The fourth-order valence-electron chi connectivity index (χ4n) is 1.42. The Morgan fingerprint density at radius 2 is 2.31 bits per heavy atom. The van der Waals surface area contributed by atoms with E-state index in [1.54, 1.807) is 0 Å². The molecule has 0 aromatic heterocycles. The molecule has 0 aliphatic carbocycles. The van der Waals surface area contributed by atoms with Gasteiger partial charge < -0.3 is 4.74 Å². The third-order valence-corrected chi connectivity index (χ3v) is 2.94. The molecule has 0 unspecified atom stereocenters. The van der Waals surface area contributed by atoms with Crippen LogP contribution in [0.4, 0.5) is 0 Å². The molecule has 1 rings (SSSR count). The van der Waals surface area contributed by atoms with Gasteiger partial charge in [0.25, 0.3) is 0 Å². The van der Waals surface area contributed by atoms with E-state index >= 15 is 0 Å². The molecule has 86 valence electrons. The predicted octanol–water partition coefficient (Wildman–Crippen LogP) is 3.89. The molecule has 0 atom stereocenters. The van der Waals surface area contributed by atoms with E-state index in [2.05, 4.69) is 5.40 Å². The van der Waals surface area contributed by atoms with Gasteiger partial charge >= 0.3 is 0 Å². The van der Waals surface area contributed by atoms with Crippen molar-refractivity contribution < 1.29 is 4.74 Å². The summed E-state index contributed by atoms with van der Waals surface area (Å²) in [6.45, 7) is 2.62. The van der Waals surface area contributed by atoms with Crippen molar-refractivity contribution in [1.82, 2.24) is 0 Å². The number of aryl methyl sites for hydroxylation is 1. The molecule has 0 N–H and O–H groups in total. The summed E-state index contributed by atoms with van der Waals surface area (Å²) in [5.74, 6) is 1.74. The monoisotopic (exact) mass is 255 g/mol. The Labute approximate surface area is 106 Å². The lowest BCUT2D eigenvalue weighted by molar-refractivity contribution is 0.336. The number of ether oxygens (including phenoxy) is 1. The quantitative estimate of drug-likeness (QED) is 0.571. The fourth-order valence-corrected chi connectivity index (χ4v) is 1.99. The highest BCUT2D eigenvalue weighted by molar-refractivity contribution is 8.03. The van der Waals surface area contributed by atoms with Crippen LogP contribution in [0.1, 0.15) is 18.9 Å². The van der Waals surface area contributed by atoms with Gasteiger partial charge in [-0.1, -0.05) is 11.6 Å². The van der Waals surface area contributed by atoms with E-state index in [1.165, 1.54) is 11.8 Å². The molecule has 0 heterocycles. The maximum absolute atomic E-state index is 8.41. The second-order valence-corrected chi connectivity index (χ2v) is 4.54. The van der Waals surface area contributed by atoms with Crippen molar-refractivity contribution in [1.29, 1.82) is 5.26 Å². The van der Waals surface area contributed by atoms with Crippen LogP contribution in [-0.4, -0.2) is 12.4 Å². The summed E-state index contributed by atoms with van der Waals surface area (Å²) in [6, 6.07) is 5.67. The minimum atomic E-state index is 0.654. The molecule has 4 heteroatoms. The Morgan fingerprint density at radius 1 is 1.50 bits per heavy atom. The minimum absolute atomic E-state index is 0.654. The number of hydrogen-bond acceptors (Lipinski definition) is 3. The van der Waals surface area contributed by atoms with Crippen LogP contribution in [-0.2, 0) is 6.42 Å². The highest BCUT2D eigenvalue weighted by Gasteiger charge is 2.04. The molecule has 0 bridgehead atoms. The second kappa shape index (κ2) is 7.43. The molecule has 0 saturated carbocycles. The highest BCUT2D eigenvalue weighted by Crippen LogP contribution is 2.24. The van der Waals surface area contributed by atoms with Crippen molar-refractivity contribution in [2.75, 3.05) is 12.4 Å². The zero-order chi connectivity index (χ0) is 11.8. The Kier molecular flexibility index (Phi) is 6.14. The van der Waals surface area contributed by atoms with Gasteiger partial charge in [-0.3, -0.25) is 0 Å². The third kappa shape index (κ3) is 4.34. The Morgan fingerprint density at radius 3 is 3.00 bits per heavy atom. The van der Waals surface area contributed by atoms with Crippen LogP contribution in [0.3, 0.4) is 0 Å². The normalized spacial score (nSPS) is 9.81. The lowest BCUT2D eigenvalue weighted by Gasteiger charge is -2.10. The first-order valence-electron chi connectivity index (χ1n) is 5.20. The van der Waals surface area contributed by atoms with Crippen molar-refractivity contribution in [2.45, 2.75) is 19.8 Å².